The third-order valence-electron chi connectivity index (χ3n) is 3.27. The molecule has 16 heavy (non-hydrogen) atoms. The zero-order chi connectivity index (χ0) is 11.6. The quantitative estimate of drug-likeness (QED) is 0.881. The normalized spacial score (nSPS) is 19.7. The van der Waals surface area contributed by atoms with Crippen LogP contribution in [0.3, 0.4) is 0 Å². The van der Waals surface area contributed by atoms with Crippen LogP contribution in [-0.2, 0) is 10.3 Å². The van der Waals surface area contributed by atoms with E-state index in [-0.39, 0.29) is 5.54 Å². The van der Waals surface area contributed by atoms with Crippen LogP contribution in [0.15, 0.2) is 18.2 Å². The molecular formula is C12H15Cl2NO. The summed E-state index contributed by atoms with van der Waals surface area (Å²) in [6.07, 6.45) is 1.84. The molecule has 1 N–H and O–H groups in total. The standard InChI is InChI=1S/C12H15Cl2NO/c1-15-12(4-6-16-7-5-12)10-8-9(13)2-3-11(10)14/h2-3,8,15H,4-7H2,1H3. The Balaban J connectivity index is 2.42. The molecule has 1 aromatic carbocycles. The zero-order valence-corrected chi connectivity index (χ0v) is 10.7. The fourth-order valence-corrected chi connectivity index (χ4v) is 2.71. The summed E-state index contributed by atoms with van der Waals surface area (Å²) in [5.74, 6) is 0. The highest BCUT2D eigenvalue weighted by atomic mass is 35.5. The minimum Gasteiger partial charge on any atom is -0.381 e. The topological polar surface area (TPSA) is 21.3 Å². The number of benzene rings is 1. The Morgan fingerprint density at radius 1 is 1.25 bits per heavy atom. The molecule has 0 atom stereocenters. The number of nitrogens with one attached hydrogen (secondary N) is 1. The highest BCUT2D eigenvalue weighted by Gasteiger charge is 2.34. The number of rotatable bonds is 2. The number of ether oxygens (including phenoxy) is 1. The molecule has 4 heteroatoms. The van der Waals surface area contributed by atoms with Crippen LogP contribution >= 0.6 is 23.2 Å². The molecule has 1 heterocycles. The lowest BCUT2D eigenvalue weighted by atomic mass is 9.83. The van der Waals surface area contributed by atoms with Gasteiger partial charge in [0.1, 0.15) is 0 Å². The molecule has 1 saturated heterocycles. The molecule has 0 aromatic heterocycles. The molecule has 0 spiro atoms. The average molecular weight is 260 g/mol. The molecular weight excluding hydrogens is 245 g/mol. The SMILES string of the molecule is CNC1(c2cc(Cl)ccc2Cl)CCOCC1. The highest BCUT2D eigenvalue weighted by molar-refractivity contribution is 6.33. The second kappa shape index (κ2) is 4.92. The molecule has 2 nitrogen and oxygen atoms in total. The van der Waals surface area contributed by atoms with E-state index in [1.165, 1.54) is 0 Å². The molecule has 0 aliphatic carbocycles. The van der Waals surface area contributed by atoms with E-state index >= 15 is 0 Å². The van der Waals surface area contributed by atoms with Crippen molar-refractivity contribution in [1.82, 2.24) is 5.32 Å². The Bertz CT molecular complexity index is 375. The Morgan fingerprint density at radius 2 is 1.94 bits per heavy atom. The molecule has 1 aliphatic heterocycles. The van der Waals surface area contributed by atoms with Crippen LogP contribution in [0.2, 0.25) is 10.0 Å². The molecule has 0 unspecified atom stereocenters. The van der Waals surface area contributed by atoms with Crippen LogP contribution in [0.25, 0.3) is 0 Å². The van der Waals surface area contributed by atoms with Crippen molar-refractivity contribution in [3.63, 3.8) is 0 Å². The molecule has 0 radical (unpaired) electrons. The van der Waals surface area contributed by atoms with E-state index in [0.717, 1.165) is 41.7 Å². The fourth-order valence-electron chi connectivity index (χ4n) is 2.24. The van der Waals surface area contributed by atoms with Gasteiger partial charge in [-0.2, -0.15) is 0 Å². The van der Waals surface area contributed by atoms with E-state index in [0.29, 0.717) is 0 Å². The van der Waals surface area contributed by atoms with E-state index in [9.17, 15) is 0 Å². The summed E-state index contributed by atoms with van der Waals surface area (Å²) in [6, 6.07) is 5.62. The predicted octanol–water partition coefficient (Wildman–Crippen LogP) is 3.22. The fraction of sp³-hybridized carbons (Fsp3) is 0.500. The molecule has 2 rings (SSSR count). The van der Waals surface area contributed by atoms with Crippen LogP contribution in [0.5, 0.6) is 0 Å². The van der Waals surface area contributed by atoms with Crippen molar-refractivity contribution in [2.45, 2.75) is 18.4 Å². The third kappa shape index (κ3) is 2.21. The van der Waals surface area contributed by atoms with Crippen LogP contribution in [0.4, 0.5) is 0 Å². The lowest BCUT2D eigenvalue weighted by Gasteiger charge is -2.38. The molecule has 1 aromatic rings. The largest absolute Gasteiger partial charge is 0.381 e. The van der Waals surface area contributed by atoms with Crippen LogP contribution < -0.4 is 5.32 Å². The van der Waals surface area contributed by atoms with Gasteiger partial charge in [-0.05, 0) is 43.7 Å². The summed E-state index contributed by atoms with van der Waals surface area (Å²) in [7, 11) is 1.96. The molecule has 1 aliphatic rings. The van der Waals surface area contributed by atoms with Gasteiger partial charge in [0.25, 0.3) is 0 Å². The maximum absolute atomic E-state index is 6.26. The minimum absolute atomic E-state index is 0.0970. The van der Waals surface area contributed by atoms with Gasteiger partial charge in [0.05, 0.1) is 0 Å². The Morgan fingerprint density at radius 3 is 2.56 bits per heavy atom. The zero-order valence-electron chi connectivity index (χ0n) is 9.22. The van der Waals surface area contributed by atoms with Crippen LogP contribution in [0, 0.1) is 0 Å². The van der Waals surface area contributed by atoms with Gasteiger partial charge >= 0.3 is 0 Å². The molecule has 88 valence electrons. The third-order valence-corrected chi connectivity index (χ3v) is 3.83. The maximum atomic E-state index is 6.26. The van der Waals surface area contributed by atoms with Gasteiger partial charge in [-0.1, -0.05) is 23.2 Å². The first kappa shape index (κ1) is 12.2. The van der Waals surface area contributed by atoms with E-state index in [4.69, 9.17) is 27.9 Å². The number of hydrogen-bond acceptors (Lipinski definition) is 2. The van der Waals surface area contributed by atoms with Crippen LogP contribution in [-0.4, -0.2) is 20.3 Å². The Kier molecular flexibility index (Phi) is 3.75. The number of hydrogen-bond donors (Lipinski definition) is 1. The molecule has 0 amide bonds. The van der Waals surface area contributed by atoms with Crippen molar-refractivity contribution >= 4 is 23.2 Å². The maximum Gasteiger partial charge on any atom is 0.0491 e. The average Bonchev–Trinajstić information content (AvgIpc) is 2.33. The monoisotopic (exact) mass is 259 g/mol. The van der Waals surface area contributed by atoms with Crippen molar-refractivity contribution < 1.29 is 4.74 Å². The van der Waals surface area contributed by atoms with Gasteiger partial charge in [-0.3, -0.25) is 0 Å². The van der Waals surface area contributed by atoms with E-state index in [1.54, 1.807) is 0 Å². The van der Waals surface area contributed by atoms with Crippen molar-refractivity contribution in [3.05, 3.63) is 33.8 Å². The van der Waals surface area contributed by atoms with Crippen molar-refractivity contribution in [1.29, 1.82) is 0 Å². The van der Waals surface area contributed by atoms with Gasteiger partial charge < -0.3 is 10.1 Å². The second-order valence-electron chi connectivity index (χ2n) is 4.07. The van der Waals surface area contributed by atoms with Gasteiger partial charge in [-0.25, -0.2) is 0 Å². The Labute approximate surface area is 106 Å². The summed E-state index contributed by atoms with van der Waals surface area (Å²) in [5, 5.41) is 4.87. The molecule has 1 fully saturated rings. The number of halogens is 2. The summed E-state index contributed by atoms with van der Waals surface area (Å²) < 4.78 is 5.40. The highest BCUT2D eigenvalue weighted by Crippen LogP contribution is 2.37. The summed E-state index contributed by atoms with van der Waals surface area (Å²) in [5.41, 5.74) is 0.979. The molecule has 0 bridgehead atoms. The first-order chi connectivity index (χ1) is 7.68. The van der Waals surface area contributed by atoms with Gasteiger partial charge in [-0.15, -0.1) is 0 Å². The summed E-state index contributed by atoms with van der Waals surface area (Å²) in [6.45, 7) is 1.51. The van der Waals surface area contributed by atoms with Gasteiger partial charge in [0, 0.05) is 28.8 Å². The summed E-state index contributed by atoms with van der Waals surface area (Å²) in [4.78, 5) is 0. The molecule has 0 saturated carbocycles. The van der Waals surface area contributed by atoms with Gasteiger partial charge in [0.15, 0.2) is 0 Å². The van der Waals surface area contributed by atoms with Crippen molar-refractivity contribution in [3.8, 4) is 0 Å². The van der Waals surface area contributed by atoms with E-state index in [2.05, 4.69) is 5.32 Å². The van der Waals surface area contributed by atoms with Gasteiger partial charge in [0.2, 0.25) is 0 Å². The first-order valence-electron chi connectivity index (χ1n) is 5.40. The second-order valence-corrected chi connectivity index (χ2v) is 4.91. The summed E-state index contributed by atoms with van der Waals surface area (Å²) >= 11 is 12.3. The Hall–Kier alpha value is -0.280. The van der Waals surface area contributed by atoms with E-state index < -0.39 is 0 Å². The predicted molar refractivity (Wildman–Crippen MR) is 67.3 cm³/mol. The van der Waals surface area contributed by atoms with E-state index in [1.807, 2.05) is 25.2 Å². The lowest BCUT2D eigenvalue weighted by Crippen LogP contribution is -2.45. The van der Waals surface area contributed by atoms with Crippen molar-refractivity contribution in [2.75, 3.05) is 20.3 Å². The van der Waals surface area contributed by atoms with Crippen molar-refractivity contribution in [2.24, 2.45) is 0 Å². The van der Waals surface area contributed by atoms with Crippen LogP contribution in [0.1, 0.15) is 18.4 Å². The minimum atomic E-state index is -0.0970. The first-order valence-corrected chi connectivity index (χ1v) is 6.16. The smallest absolute Gasteiger partial charge is 0.0491 e. The lowest BCUT2D eigenvalue weighted by molar-refractivity contribution is 0.0399.